The highest BCUT2D eigenvalue weighted by Crippen LogP contribution is 2.35. The van der Waals surface area contributed by atoms with Crippen LogP contribution in [-0.4, -0.2) is 50.3 Å². The van der Waals surface area contributed by atoms with Crippen LogP contribution in [0.2, 0.25) is 0 Å². The minimum atomic E-state index is -0.896. The number of H-pyrrole nitrogens is 1. The standard InChI is InChI=1S/C29H30N4O2S/c34-27(23-8-2-1-3-9-23)33(16-12-24-21-31-26-11-5-4-10-25(24)26)29(13-17-36-18-14-29)28(35)32-20-22-7-6-15-30-19-22/h1-11,15,19,21,31H,12-14,16-18,20H2,(H,32,35). The van der Waals surface area contributed by atoms with Gasteiger partial charge in [-0.15, -0.1) is 0 Å². The van der Waals surface area contributed by atoms with Crippen LogP contribution in [0.5, 0.6) is 0 Å². The molecule has 4 aromatic rings. The van der Waals surface area contributed by atoms with Gasteiger partial charge in [0.15, 0.2) is 0 Å². The molecule has 2 N–H and O–H groups in total. The molecule has 2 amide bonds. The number of rotatable bonds is 8. The van der Waals surface area contributed by atoms with E-state index in [1.54, 1.807) is 12.4 Å². The number of fused-ring (bicyclic) bond motifs is 1. The number of carbonyl (C=O) groups excluding carboxylic acids is 2. The van der Waals surface area contributed by atoms with E-state index in [-0.39, 0.29) is 11.8 Å². The third-order valence-corrected chi connectivity index (χ3v) is 7.97. The lowest BCUT2D eigenvalue weighted by molar-refractivity contribution is -0.133. The minimum absolute atomic E-state index is 0.0881. The van der Waals surface area contributed by atoms with E-state index in [0.29, 0.717) is 37.9 Å². The largest absolute Gasteiger partial charge is 0.361 e. The number of para-hydroxylation sites is 1. The molecule has 0 atom stereocenters. The summed E-state index contributed by atoms with van der Waals surface area (Å²) in [7, 11) is 0. The van der Waals surface area contributed by atoms with Gasteiger partial charge in [0.05, 0.1) is 0 Å². The van der Waals surface area contributed by atoms with Crippen LogP contribution in [0.3, 0.4) is 0 Å². The molecule has 1 fully saturated rings. The molecule has 3 heterocycles. The van der Waals surface area contributed by atoms with Crippen LogP contribution in [-0.2, 0) is 17.8 Å². The molecule has 0 saturated carbocycles. The van der Waals surface area contributed by atoms with Gasteiger partial charge >= 0.3 is 0 Å². The van der Waals surface area contributed by atoms with Crippen LogP contribution in [0, 0.1) is 0 Å². The number of benzene rings is 2. The summed E-state index contributed by atoms with van der Waals surface area (Å²) in [5, 5.41) is 4.28. The third kappa shape index (κ3) is 5.02. The fourth-order valence-corrected chi connectivity index (χ4v) is 6.16. The number of nitrogens with zero attached hydrogens (tertiary/aromatic N) is 2. The van der Waals surface area contributed by atoms with Crippen molar-refractivity contribution in [2.24, 2.45) is 0 Å². The molecule has 1 aliphatic heterocycles. The van der Waals surface area contributed by atoms with E-state index in [0.717, 1.165) is 33.5 Å². The van der Waals surface area contributed by atoms with Crippen LogP contribution in [0.4, 0.5) is 0 Å². The summed E-state index contributed by atoms with van der Waals surface area (Å²) >= 11 is 1.84. The molecule has 7 heteroatoms. The maximum absolute atomic E-state index is 14.0. The van der Waals surface area contributed by atoms with Gasteiger partial charge in [-0.2, -0.15) is 11.8 Å². The molecule has 2 aromatic carbocycles. The lowest BCUT2D eigenvalue weighted by Crippen LogP contribution is -2.62. The van der Waals surface area contributed by atoms with Gasteiger partial charge in [0.2, 0.25) is 5.91 Å². The quantitative estimate of drug-likeness (QED) is 0.365. The van der Waals surface area contributed by atoms with E-state index in [9.17, 15) is 9.59 Å². The molecule has 5 rings (SSSR count). The Morgan fingerprint density at radius 2 is 1.78 bits per heavy atom. The Labute approximate surface area is 215 Å². The summed E-state index contributed by atoms with van der Waals surface area (Å²) in [6.07, 6.45) is 7.41. The van der Waals surface area contributed by atoms with Gasteiger partial charge in [0.25, 0.3) is 5.91 Å². The molecule has 6 nitrogen and oxygen atoms in total. The summed E-state index contributed by atoms with van der Waals surface area (Å²) in [6, 6.07) is 21.3. The zero-order valence-corrected chi connectivity index (χ0v) is 21.0. The number of hydrogen-bond donors (Lipinski definition) is 2. The topological polar surface area (TPSA) is 78.1 Å². The predicted octanol–water partition coefficient (Wildman–Crippen LogP) is 4.83. The Hall–Kier alpha value is -3.58. The number of amides is 2. The number of carbonyl (C=O) groups is 2. The van der Waals surface area contributed by atoms with Crippen molar-refractivity contribution in [2.75, 3.05) is 18.1 Å². The van der Waals surface area contributed by atoms with Crippen LogP contribution >= 0.6 is 11.8 Å². The Kier molecular flexibility index (Phi) is 7.37. The monoisotopic (exact) mass is 498 g/mol. The van der Waals surface area contributed by atoms with Crippen molar-refractivity contribution in [1.82, 2.24) is 20.2 Å². The van der Waals surface area contributed by atoms with Gasteiger partial charge in [-0.05, 0) is 66.2 Å². The average molecular weight is 499 g/mol. The second-order valence-corrected chi connectivity index (χ2v) is 10.3. The number of pyridine rings is 1. The number of aromatic nitrogens is 2. The van der Waals surface area contributed by atoms with Crippen molar-refractivity contribution < 1.29 is 9.59 Å². The first kappa shape index (κ1) is 24.1. The van der Waals surface area contributed by atoms with Gasteiger partial charge in [0, 0.05) is 48.1 Å². The Morgan fingerprint density at radius 1 is 1.00 bits per heavy atom. The third-order valence-electron chi connectivity index (χ3n) is 6.98. The van der Waals surface area contributed by atoms with E-state index in [1.807, 2.05) is 77.5 Å². The summed E-state index contributed by atoms with van der Waals surface area (Å²) in [5.41, 5.74) is 2.87. The molecule has 0 unspecified atom stereocenters. The highest BCUT2D eigenvalue weighted by atomic mass is 32.2. The van der Waals surface area contributed by atoms with Gasteiger partial charge in [-0.3, -0.25) is 14.6 Å². The number of thioether (sulfide) groups is 1. The number of hydrogen-bond acceptors (Lipinski definition) is 4. The average Bonchev–Trinajstić information content (AvgIpc) is 3.36. The normalized spacial score (nSPS) is 14.9. The Morgan fingerprint density at radius 3 is 2.56 bits per heavy atom. The van der Waals surface area contributed by atoms with E-state index in [1.165, 1.54) is 0 Å². The van der Waals surface area contributed by atoms with Crippen molar-refractivity contribution in [3.8, 4) is 0 Å². The van der Waals surface area contributed by atoms with Crippen molar-refractivity contribution in [3.63, 3.8) is 0 Å². The van der Waals surface area contributed by atoms with E-state index >= 15 is 0 Å². The number of nitrogens with one attached hydrogen (secondary N) is 2. The predicted molar refractivity (Wildman–Crippen MR) is 145 cm³/mol. The summed E-state index contributed by atoms with van der Waals surface area (Å²) in [6.45, 7) is 0.845. The zero-order valence-electron chi connectivity index (χ0n) is 20.2. The van der Waals surface area contributed by atoms with Crippen molar-refractivity contribution >= 4 is 34.5 Å². The first-order chi connectivity index (χ1) is 17.7. The smallest absolute Gasteiger partial charge is 0.254 e. The van der Waals surface area contributed by atoms with Crippen LogP contribution < -0.4 is 5.32 Å². The molecule has 0 bridgehead atoms. The molecule has 2 aromatic heterocycles. The molecular weight excluding hydrogens is 468 g/mol. The van der Waals surface area contributed by atoms with E-state index in [4.69, 9.17) is 0 Å². The fourth-order valence-electron chi connectivity index (χ4n) is 5.00. The highest BCUT2D eigenvalue weighted by molar-refractivity contribution is 7.99. The molecule has 0 spiro atoms. The van der Waals surface area contributed by atoms with E-state index in [2.05, 4.69) is 27.4 Å². The molecule has 184 valence electrons. The SMILES string of the molecule is O=C(c1ccccc1)N(CCc1c[nH]c2ccccc12)C1(C(=O)NCc2cccnc2)CCSCC1. The van der Waals surface area contributed by atoms with Crippen LogP contribution in [0.1, 0.15) is 34.3 Å². The lowest BCUT2D eigenvalue weighted by atomic mass is 9.87. The minimum Gasteiger partial charge on any atom is -0.361 e. The number of aromatic amines is 1. The first-order valence-corrected chi connectivity index (χ1v) is 13.5. The maximum Gasteiger partial charge on any atom is 0.254 e. The second-order valence-electron chi connectivity index (χ2n) is 9.12. The lowest BCUT2D eigenvalue weighted by Gasteiger charge is -2.45. The molecule has 0 radical (unpaired) electrons. The van der Waals surface area contributed by atoms with Gasteiger partial charge < -0.3 is 15.2 Å². The van der Waals surface area contributed by atoms with Crippen LogP contribution in [0.15, 0.2) is 85.3 Å². The Balaban J connectivity index is 1.46. The van der Waals surface area contributed by atoms with Gasteiger partial charge in [-0.25, -0.2) is 0 Å². The summed E-state index contributed by atoms with van der Waals surface area (Å²) in [4.78, 5) is 37.2. The van der Waals surface area contributed by atoms with Crippen LogP contribution in [0.25, 0.3) is 10.9 Å². The van der Waals surface area contributed by atoms with Crippen molar-refractivity contribution in [2.45, 2.75) is 31.3 Å². The summed E-state index contributed by atoms with van der Waals surface area (Å²) in [5.74, 6) is 1.49. The van der Waals surface area contributed by atoms with Gasteiger partial charge in [0.1, 0.15) is 5.54 Å². The van der Waals surface area contributed by atoms with Gasteiger partial charge in [-0.1, -0.05) is 42.5 Å². The molecular formula is C29H30N4O2S. The molecule has 36 heavy (non-hydrogen) atoms. The molecule has 0 aliphatic carbocycles. The second kappa shape index (κ2) is 11.0. The van der Waals surface area contributed by atoms with Crippen molar-refractivity contribution in [1.29, 1.82) is 0 Å². The Bertz CT molecular complexity index is 1320. The zero-order chi connectivity index (χ0) is 24.8. The molecule has 1 aliphatic rings. The summed E-state index contributed by atoms with van der Waals surface area (Å²) < 4.78 is 0. The molecule has 1 saturated heterocycles. The highest BCUT2D eigenvalue weighted by Gasteiger charge is 2.47. The van der Waals surface area contributed by atoms with E-state index < -0.39 is 5.54 Å². The first-order valence-electron chi connectivity index (χ1n) is 12.3. The van der Waals surface area contributed by atoms with Crippen molar-refractivity contribution in [3.05, 3.63) is 102 Å². The fraction of sp³-hybridized carbons (Fsp3) is 0.276. The maximum atomic E-state index is 14.0.